The maximum atomic E-state index is 5.40. The molecule has 416 valence electrons. The van der Waals surface area contributed by atoms with E-state index in [0.29, 0.717) is 35.2 Å². The summed E-state index contributed by atoms with van der Waals surface area (Å²) in [5, 5.41) is 21.3. The van der Waals surface area contributed by atoms with Gasteiger partial charge >= 0.3 is 0 Å². The molecule has 8 nitrogen and oxygen atoms in total. The van der Waals surface area contributed by atoms with E-state index in [2.05, 4.69) is 264 Å². The van der Waals surface area contributed by atoms with Crippen molar-refractivity contribution in [2.24, 2.45) is 0 Å². The number of rotatable bonds is 7. The number of aromatic nitrogens is 8. The Hall–Kier alpha value is -12.3. The van der Waals surface area contributed by atoms with E-state index >= 15 is 0 Å². The molecule has 8 heteroatoms. The maximum absolute atomic E-state index is 5.40. The number of hydrogen-bond donors (Lipinski definition) is 0. The molecule has 0 saturated heterocycles. The lowest BCUT2D eigenvalue weighted by Gasteiger charge is -2.15. The van der Waals surface area contributed by atoms with Crippen LogP contribution in [0, 0.1) is 0 Å². The molecule has 0 atom stereocenters. The summed E-state index contributed by atoms with van der Waals surface area (Å²) in [6.45, 7) is 0. The predicted molar refractivity (Wildman–Crippen MR) is 372 cm³/mol. The topological polar surface area (TPSA) is 87.2 Å². The molecule has 0 radical (unpaired) electrons. The monoisotopic (exact) mass is 1140 g/mol. The van der Waals surface area contributed by atoms with Crippen molar-refractivity contribution < 1.29 is 0 Å². The van der Waals surface area contributed by atoms with E-state index in [1.165, 1.54) is 59.2 Å². The molecule has 90 heavy (non-hydrogen) atoms. The van der Waals surface area contributed by atoms with Gasteiger partial charge in [0.25, 0.3) is 0 Å². The normalized spacial score (nSPS) is 12.0. The highest BCUT2D eigenvalue weighted by molar-refractivity contribution is 6.31. The average molecular weight is 1150 g/mol. The molecular weight excluding hydrogens is 1100 g/mol. The van der Waals surface area contributed by atoms with E-state index in [9.17, 15) is 0 Å². The standard InChI is InChI=1S/C82H48N8/c1-3-19-53(20-4-1)77-83-79(87-81(85-77)89-69-29-15-13-27-66(69)75-64-41-39-52-35-32-50-18-9-10-24-59(50)73(52)62(64)43-45-71(75)89)55-36-33-51(34-37-55)68-48-57-40-42-65-63(74(57)61-26-12-11-25-60(61)68)44-46-72-76(65)67-28-14-16-30-70(67)90(72)82-86-78(54-21-5-2-6-22-54)84-80(88-82)58-38-31-49-17-7-8-23-56(49)47-58/h1-48H. The van der Waals surface area contributed by atoms with Crippen LogP contribution in [-0.2, 0) is 0 Å². The summed E-state index contributed by atoms with van der Waals surface area (Å²) in [5.41, 5.74) is 10.00. The smallest absolute Gasteiger partial charge is 0.238 e. The van der Waals surface area contributed by atoms with Crippen LogP contribution in [0.5, 0.6) is 0 Å². The second kappa shape index (κ2) is 19.6. The van der Waals surface area contributed by atoms with E-state index in [0.717, 1.165) is 93.2 Å². The first-order valence-electron chi connectivity index (χ1n) is 30.4. The van der Waals surface area contributed by atoms with E-state index in [1.54, 1.807) is 0 Å². The minimum atomic E-state index is 0.559. The SMILES string of the molecule is c1ccc(-c2nc(-c3ccc(-c4cc5ccc6c(ccc7c6c6ccccc6n7-c6nc(-c7ccccc7)nc(-c7ccc8ccccc8c7)n6)c5c5ccccc45)cc3)nc(-n3c4ccccc4c4c5ccc6ccc7ccccc7c6c5ccc43)n2)cc1. The number of benzene rings is 15. The second-order valence-corrected chi connectivity index (χ2v) is 23.3. The van der Waals surface area contributed by atoms with Crippen molar-refractivity contribution in [1.29, 1.82) is 0 Å². The van der Waals surface area contributed by atoms with Crippen LogP contribution in [0.1, 0.15) is 0 Å². The predicted octanol–water partition coefficient (Wildman–Crippen LogP) is 20.7. The highest BCUT2D eigenvalue weighted by Gasteiger charge is 2.24. The molecule has 0 unspecified atom stereocenters. The highest BCUT2D eigenvalue weighted by Crippen LogP contribution is 2.45. The van der Waals surface area contributed by atoms with Crippen molar-refractivity contribution in [2.45, 2.75) is 0 Å². The number of fused-ring (bicyclic) bond motifs is 19. The molecule has 0 aliphatic rings. The van der Waals surface area contributed by atoms with Gasteiger partial charge in [-0.25, -0.2) is 9.97 Å². The van der Waals surface area contributed by atoms with Gasteiger partial charge in [0.2, 0.25) is 11.9 Å². The van der Waals surface area contributed by atoms with Crippen LogP contribution < -0.4 is 0 Å². The Labute approximate surface area is 514 Å². The Kier molecular flexibility index (Phi) is 10.9. The summed E-state index contributed by atoms with van der Waals surface area (Å²) in [5.74, 6) is 3.55. The van der Waals surface area contributed by atoms with E-state index in [-0.39, 0.29) is 0 Å². The summed E-state index contributed by atoms with van der Waals surface area (Å²) < 4.78 is 4.43. The fraction of sp³-hybridized carbons (Fsp3) is 0. The van der Waals surface area contributed by atoms with Gasteiger partial charge in [-0.15, -0.1) is 0 Å². The van der Waals surface area contributed by atoms with Gasteiger partial charge in [0.15, 0.2) is 23.3 Å². The molecule has 0 aliphatic heterocycles. The zero-order chi connectivity index (χ0) is 59.0. The van der Waals surface area contributed by atoms with Crippen LogP contribution in [0.3, 0.4) is 0 Å². The van der Waals surface area contributed by atoms with Gasteiger partial charge in [0.1, 0.15) is 0 Å². The lowest BCUT2D eigenvalue weighted by atomic mass is 9.89. The fourth-order valence-corrected chi connectivity index (χ4v) is 14.3. The largest absolute Gasteiger partial charge is 0.278 e. The van der Waals surface area contributed by atoms with Gasteiger partial charge in [-0.05, 0) is 123 Å². The molecule has 0 aliphatic carbocycles. The molecule has 19 rings (SSSR count). The molecule has 0 N–H and O–H groups in total. The van der Waals surface area contributed by atoms with Gasteiger partial charge < -0.3 is 0 Å². The third-order valence-corrected chi connectivity index (χ3v) is 18.4. The first kappa shape index (κ1) is 49.9. The average Bonchev–Trinajstić information content (AvgIpc) is 1.50. The van der Waals surface area contributed by atoms with E-state index in [4.69, 9.17) is 29.9 Å². The zero-order valence-corrected chi connectivity index (χ0v) is 48.3. The van der Waals surface area contributed by atoms with Gasteiger partial charge in [0, 0.05) is 43.8 Å². The number of hydrogen-bond acceptors (Lipinski definition) is 6. The third-order valence-electron chi connectivity index (χ3n) is 18.4. The molecule has 0 saturated carbocycles. The molecule has 0 bridgehead atoms. The van der Waals surface area contributed by atoms with Gasteiger partial charge in [-0.2, -0.15) is 19.9 Å². The summed E-state index contributed by atoms with van der Waals surface area (Å²) in [6.07, 6.45) is 0. The lowest BCUT2D eigenvalue weighted by Crippen LogP contribution is -2.06. The molecule has 4 heterocycles. The lowest BCUT2D eigenvalue weighted by molar-refractivity contribution is 0.953. The summed E-state index contributed by atoms with van der Waals surface area (Å²) >= 11 is 0. The quantitative estimate of drug-likeness (QED) is 0.148. The van der Waals surface area contributed by atoms with Gasteiger partial charge in [0.05, 0.1) is 22.1 Å². The molecule has 0 spiro atoms. The highest BCUT2D eigenvalue weighted by atomic mass is 15.2. The molecule has 19 aromatic rings. The van der Waals surface area contributed by atoms with E-state index < -0.39 is 0 Å². The van der Waals surface area contributed by atoms with Gasteiger partial charge in [-0.3, -0.25) is 9.13 Å². The molecule has 0 fully saturated rings. The van der Waals surface area contributed by atoms with E-state index in [1.807, 2.05) is 36.4 Å². The Morgan fingerprint density at radius 1 is 0.189 bits per heavy atom. The van der Waals surface area contributed by atoms with Crippen molar-refractivity contribution in [3.05, 3.63) is 291 Å². The van der Waals surface area contributed by atoms with Crippen molar-refractivity contribution in [3.8, 4) is 68.6 Å². The van der Waals surface area contributed by atoms with Crippen molar-refractivity contribution in [1.82, 2.24) is 39.0 Å². The van der Waals surface area contributed by atoms with Crippen LogP contribution in [0.15, 0.2) is 291 Å². The van der Waals surface area contributed by atoms with Gasteiger partial charge in [-0.1, -0.05) is 255 Å². The summed E-state index contributed by atoms with van der Waals surface area (Å²) in [6, 6.07) is 104. The van der Waals surface area contributed by atoms with Crippen molar-refractivity contribution >= 4 is 119 Å². The second-order valence-electron chi connectivity index (χ2n) is 23.3. The molecular formula is C82H48N8. The maximum Gasteiger partial charge on any atom is 0.238 e. The minimum absolute atomic E-state index is 0.559. The Balaban J connectivity index is 0.744. The molecule has 0 amide bonds. The first-order chi connectivity index (χ1) is 44.6. The van der Waals surface area contributed by atoms with Crippen molar-refractivity contribution in [2.75, 3.05) is 0 Å². The van der Waals surface area contributed by atoms with Crippen LogP contribution in [0.25, 0.3) is 188 Å². The van der Waals surface area contributed by atoms with Crippen LogP contribution >= 0.6 is 0 Å². The fourth-order valence-electron chi connectivity index (χ4n) is 14.3. The first-order valence-corrected chi connectivity index (χ1v) is 30.4. The van der Waals surface area contributed by atoms with Crippen LogP contribution in [0.2, 0.25) is 0 Å². The Morgan fingerprint density at radius 2 is 0.567 bits per heavy atom. The molecule has 15 aromatic carbocycles. The van der Waals surface area contributed by atoms with Crippen LogP contribution in [0.4, 0.5) is 0 Å². The Morgan fingerprint density at radius 3 is 1.17 bits per heavy atom. The minimum Gasteiger partial charge on any atom is -0.278 e. The summed E-state index contributed by atoms with van der Waals surface area (Å²) in [4.78, 5) is 31.6. The summed E-state index contributed by atoms with van der Waals surface area (Å²) in [7, 11) is 0. The van der Waals surface area contributed by atoms with Crippen LogP contribution in [-0.4, -0.2) is 39.0 Å². The molecule has 4 aromatic heterocycles. The Bertz CT molecular complexity index is 6210. The van der Waals surface area contributed by atoms with Crippen molar-refractivity contribution in [3.63, 3.8) is 0 Å². The number of nitrogens with zero attached hydrogens (tertiary/aromatic N) is 8. The zero-order valence-electron chi connectivity index (χ0n) is 48.3. The number of para-hydroxylation sites is 2. The third kappa shape index (κ3) is 7.68.